The van der Waals surface area contributed by atoms with Gasteiger partial charge in [-0.05, 0) is 208 Å². The van der Waals surface area contributed by atoms with Crippen LogP contribution in [0.5, 0.6) is 0 Å². The summed E-state index contributed by atoms with van der Waals surface area (Å²) in [6.07, 6.45) is 12.8. The van der Waals surface area contributed by atoms with Crippen LogP contribution in [0.25, 0.3) is 146 Å². The highest BCUT2D eigenvalue weighted by molar-refractivity contribution is 6.12. The van der Waals surface area contributed by atoms with Gasteiger partial charge >= 0.3 is 0 Å². The topological polar surface area (TPSA) is 35.6 Å². The van der Waals surface area contributed by atoms with Gasteiger partial charge in [0, 0.05) is 33.9 Å². The van der Waals surface area contributed by atoms with Gasteiger partial charge in [0.2, 0.25) is 0 Å². The van der Waals surface area contributed by atoms with Crippen molar-refractivity contribution < 1.29 is 0 Å². The van der Waals surface area contributed by atoms with Crippen molar-refractivity contribution in [2.24, 2.45) is 0 Å². The van der Waals surface area contributed by atoms with Crippen molar-refractivity contribution in [2.45, 2.75) is 5.41 Å². The molecule has 0 radical (unpaired) electrons. The lowest BCUT2D eigenvalue weighted by molar-refractivity contribution is 0.793. The summed E-state index contributed by atoms with van der Waals surface area (Å²) in [6, 6.07) is 103. The number of para-hydroxylation sites is 2. The summed E-state index contributed by atoms with van der Waals surface area (Å²) in [4.78, 5) is 9.44. The molecule has 4 heterocycles. The molecule has 0 saturated heterocycles. The van der Waals surface area contributed by atoms with Gasteiger partial charge in [0.1, 0.15) is 11.6 Å². The highest BCUT2D eigenvalue weighted by atomic mass is 15.1. The summed E-state index contributed by atoms with van der Waals surface area (Å²) >= 11 is 0. The predicted octanol–water partition coefficient (Wildman–Crippen LogP) is 21.0. The first-order valence-corrected chi connectivity index (χ1v) is 29.9. The zero-order valence-electron chi connectivity index (χ0n) is 47.3. The van der Waals surface area contributed by atoms with Crippen LogP contribution >= 0.6 is 0 Å². The van der Waals surface area contributed by atoms with Gasteiger partial charge in [0.25, 0.3) is 0 Å². The molecule has 0 aliphatic heterocycles. The molecule has 18 rings (SSSR count). The molecule has 0 unspecified atom stereocenters. The van der Waals surface area contributed by atoms with E-state index in [0.29, 0.717) is 0 Å². The standard InChI is InChI=1S/C83H52N4/c1-5-17-73-65(13-1)66-14-2-6-18-74(66)83(73)75-47-55(25-23-53-27-31-59-49-61(35-33-57(59)45-53)63-37-41-79-71(51-63)69-15-3-7-19-77(69)86(79)81-21-9-11-43-84-81)29-39-67(75)68-40-30-56(48-76(68)83)26-24-54-28-32-60-50-62(36-34-58(60)46-54)64-38-42-80-72(52-64)70-16-4-8-20-78(70)87(80)82-22-10-12-44-85-82/h1-52H/b25-23+,26-24+. The van der Waals surface area contributed by atoms with Crippen LogP contribution in [0, 0.1) is 0 Å². The molecular weight excluding hydrogens is 1050 g/mol. The average Bonchev–Trinajstić information content (AvgIpc) is 1.55. The van der Waals surface area contributed by atoms with E-state index >= 15 is 0 Å². The quantitative estimate of drug-likeness (QED) is 0.142. The maximum Gasteiger partial charge on any atom is 0.137 e. The summed E-state index contributed by atoms with van der Waals surface area (Å²) in [5.41, 5.74) is 24.1. The van der Waals surface area contributed by atoms with Crippen molar-refractivity contribution >= 4 is 89.5 Å². The maximum atomic E-state index is 4.72. The molecule has 12 aromatic carbocycles. The second kappa shape index (κ2) is 19.3. The Morgan fingerprint density at radius 1 is 0.253 bits per heavy atom. The molecule has 4 heteroatoms. The van der Waals surface area contributed by atoms with Crippen LogP contribution in [0.4, 0.5) is 0 Å². The Labute approximate surface area is 503 Å². The second-order valence-electron chi connectivity index (χ2n) is 23.3. The Balaban J connectivity index is 0.651. The Bertz CT molecular complexity index is 5240. The van der Waals surface area contributed by atoms with Gasteiger partial charge in [0.05, 0.1) is 27.5 Å². The fourth-order valence-corrected chi connectivity index (χ4v) is 14.6. The largest absolute Gasteiger partial charge is 0.294 e. The number of rotatable bonds is 8. The van der Waals surface area contributed by atoms with E-state index in [-0.39, 0.29) is 0 Å². The van der Waals surface area contributed by atoms with E-state index in [4.69, 9.17) is 9.97 Å². The molecule has 404 valence electrons. The molecule has 2 aliphatic carbocycles. The number of benzene rings is 12. The fourth-order valence-electron chi connectivity index (χ4n) is 14.6. The number of pyridine rings is 2. The van der Waals surface area contributed by atoms with E-state index in [9.17, 15) is 0 Å². The van der Waals surface area contributed by atoms with E-state index in [1.807, 2.05) is 36.7 Å². The minimum absolute atomic E-state index is 0.478. The lowest BCUT2D eigenvalue weighted by atomic mass is 9.70. The number of nitrogens with zero attached hydrogens (tertiary/aromatic N) is 4. The zero-order valence-corrected chi connectivity index (χ0v) is 47.3. The van der Waals surface area contributed by atoms with Crippen molar-refractivity contribution in [3.05, 3.63) is 336 Å². The molecule has 1 spiro atoms. The molecule has 4 aromatic heterocycles. The minimum Gasteiger partial charge on any atom is -0.294 e. The van der Waals surface area contributed by atoms with Crippen LogP contribution in [-0.2, 0) is 5.41 Å². The molecule has 0 saturated carbocycles. The molecule has 0 amide bonds. The molecule has 0 atom stereocenters. The Hall–Kier alpha value is -11.5. The molecule has 0 bridgehead atoms. The van der Waals surface area contributed by atoms with Crippen molar-refractivity contribution in [3.8, 4) is 56.1 Å². The summed E-state index contributed by atoms with van der Waals surface area (Å²) in [6.45, 7) is 0. The van der Waals surface area contributed by atoms with Crippen LogP contribution in [0.1, 0.15) is 44.5 Å². The number of hydrogen-bond donors (Lipinski definition) is 0. The zero-order chi connectivity index (χ0) is 57.2. The van der Waals surface area contributed by atoms with E-state index in [0.717, 1.165) is 44.8 Å². The first-order chi connectivity index (χ1) is 43.1. The third-order valence-corrected chi connectivity index (χ3v) is 18.6. The lowest BCUT2D eigenvalue weighted by Crippen LogP contribution is -2.26. The van der Waals surface area contributed by atoms with Gasteiger partial charge < -0.3 is 0 Å². The third kappa shape index (κ3) is 7.64. The number of hydrogen-bond acceptors (Lipinski definition) is 2. The molecular formula is C83H52N4. The van der Waals surface area contributed by atoms with E-state index in [2.05, 4.69) is 288 Å². The molecule has 2 aliphatic rings. The summed E-state index contributed by atoms with van der Waals surface area (Å²) in [5, 5.41) is 9.73. The van der Waals surface area contributed by atoms with Crippen molar-refractivity contribution in [3.63, 3.8) is 0 Å². The number of aromatic nitrogens is 4. The molecule has 0 fully saturated rings. The second-order valence-corrected chi connectivity index (χ2v) is 23.3. The highest BCUT2D eigenvalue weighted by Gasteiger charge is 2.51. The monoisotopic (exact) mass is 1100 g/mol. The summed E-state index contributed by atoms with van der Waals surface area (Å²) in [7, 11) is 0. The van der Waals surface area contributed by atoms with Crippen molar-refractivity contribution in [1.29, 1.82) is 0 Å². The molecule has 87 heavy (non-hydrogen) atoms. The average molecular weight is 1110 g/mol. The SMILES string of the molecule is C(=C\c1ccc2cc(-c3ccc4c(c3)c3ccccc3n4-c3ccccn3)ccc2c1)/c1ccc2c(c1)C1(c3ccccc3-c3ccccc31)c1cc(/C=C/c3ccc4cc(-c5ccc6c(c5)c5ccccc5n6-c5ccccn5)ccc4c3)ccc1-2. The maximum absolute atomic E-state index is 4.72. The van der Waals surface area contributed by atoms with Gasteiger partial charge in [-0.25, -0.2) is 9.97 Å². The van der Waals surface area contributed by atoms with Crippen molar-refractivity contribution in [1.82, 2.24) is 19.1 Å². The first-order valence-electron chi connectivity index (χ1n) is 29.9. The predicted molar refractivity (Wildman–Crippen MR) is 364 cm³/mol. The number of fused-ring (bicyclic) bond motifs is 18. The van der Waals surface area contributed by atoms with Gasteiger partial charge in [-0.15, -0.1) is 0 Å². The highest BCUT2D eigenvalue weighted by Crippen LogP contribution is 2.63. The van der Waals surface area contributed by atoms with Crippen LogP contribution in [0.3, 0.4) is 0 Å². The van der Waals surface area contributed by atoms with Crippen LogP contribution in [-0.4, -0.2) is 19.1 Å². The molecule has 4 nitrogen and oxygen atoms in total. The van der Waals surface area contributed by atoms with Crippen molar-refractivity contribution in [2.75, 3.05) is 0 Å². The van der Waals surface area contributed by atoms with Crippen LogP contribution < -0.4 is 0 Å². The fraction of sp³-hybridized carbons (Fsp3) is 0.0120. The Morgan fingerprint density at radius 3 is 1.08 bits per heavy atom. The molecule has 0 N–H and O–H groups in total. The Kier molecular flexibility index (Phi) is 10.9. The van der Waals surface area contributed by atoms with Gasteiger partial charge in [-0.3, -0.25) is 9.13 Å². The van der Waals surface area contributed by atoms with Gasteiger partial charge in [-0.1, -0.05) is 206 Å². The van der Waals surface area contributed by atoms with E-state index < -0.39 is 5.41 Å². The summed E-state index contributed by atoms with van der Waals surface area (Å²) < 4.78 is 4.53. The normalized spacial score (nSPS) is 13.1. The van der Waals surface area contributed by atoms with E-state index in [1.165, 1.54) is 121 Å². The van der Waals surface area contributed by atoms with Crippen LogP contribution in [0.2, 0.25) is 0 Å². The minimum atomic E-state index is -0.478. The van der Waals surface area contributed by atoms with Gasteiger partial charge in [0.15, 0.2) is 0 Å². The smallest absolute Gasteiger partial charge is 0.137 e. The van der Waals surface area contributed by atoms with Gasteiger partial charge in [-0.2, -0.15) is 0 Å². The molecule has 16 aromatic rings. The third-order valence-electron chi connectivity index (χ3n) is 18.6. The van der Waals surface area contributed by atoms with Crippen LogP contribution in [0.15, 0.2) is 291 Å². The Morgan fingerprint density at radius 2 is 0.609 bits per heavy atom. The lowest BCUT2D eigenvalue weighted by Gasteiger charge is -2.30. The first kappa shape index (κ1) is 49.0. The summed E-state index contributed by atoms with van der Waals surface area (Å²) in [5.74, 6) is 1.84. The van der Waals surface area contributed by atoms with E-state index in [1.54, 1.807) is 0 Å².